The third-order valence-corrected chi connectivity index (χ3v) is 4.70. The van der Waals surface area contributed by atoms with Crippen molar-refractivity contribution in [2.45, 2.75) is 19.5 Å². The van der Waals surface area contributed by atoms with Gasteiger partial charge >= 0.3 is 0 Å². The van der Waals surface area contributed by atoms with Crippen LogP contribution in [0.3, 0.4) is 0 Å². The highest BCUT2D eigenvalue weighted by Crippen LogP contribution is 2.39. The monoisotopic (exact) mass is 374 g/mol. The predicted molar refractivity (Wildman–Crippen MR) is 101 cm³/mol. The van der Waals surface area contributed by atoms with E-state index in [4.69, 9.17) is 4.42 Å². The molecule has 1 aliphatic heterocycles. The van der Waals surface area contributed by atoms with Crippen LogP contribution >= 0.6 is 0 Å². The molecule has 0 aliphatic carbocycles. The van der Waals surface area contributed by atoms with E-state index >= 15 is 0 Å². The molecule has 3 aromatic rings. The lowest BCUT2D eigenvalue weighted by Gasteiger charge is -2.26. The predicted octanol–water partition coefficient (Wildman–Crippen LogP) is 3.76. The van der Waals surface area contributed by atoms with E-state index in [1.165, 1.54) is 4.90 Å². The number of aliphatic hydroxyl groups excluding tert-OH is 1. The van der Waals surface area contributed by atoms with E-state index in [0.29, 0.717) is 5.76 Å². The summed E-state index contributed by atoms with van der Waals surface area (Å²) < 4.78 is 5.44. The molecule has 0 unspecified atom stereocenters. The zero-order chi connectivity index (χ0) is 19.7. The van der Waals surface area contributed by atoms with E-state index in [1.54, 1.807) is 37.5 Å². The van der Waals surface area contributed by atoms with Gasteiger partial charge in [-0.1, -0.05) is 36.4 Å². The van der Waals surface area contributed by atoms with Gasteiger partial charge in [0, 0.05) is 18.9 Å². The Hall–Kier alpha value is -3.67. The van der Waals surface area contributed by atoms with Crippen LogP contribution in [0.15, 0.2) is 82.7 Å². The lowest BCUT2D eigenvalue weighted by atomic mass is 9.95. The van der Waals surface area contributed by atoms with Crippen molar-refractivity contribution < 1.29 is 19.1 Å². The van der Waals surface area contributed by atoms with Gasteiger partial charge in [0.15, 0.2) is 11.5 Å². The molecule has 0 spiro atoms. The average molecular weight is 374 g/mol. The number of amides is 1. The van der Waals surface area contributed by atoms with Gasteiger partial charge in [-0.05, 0) is 36.2 Å². The molecule has 1 aromatic carbocycles. The Balaban J connectivity index is 1.79. The van der Waals surface area contributed by atoms with E-state index < -0.39 is 23.5 Å². The summed E-state index contributed by atoms with van der Waals surface area (Å²) in [6, 6.07) is 15.3. The highest BCUT2D eigenvalue weighted by Gasteiger charge is 2.44. The Morgan fingerprint density at radius 3 is 2.57 bits per heavy atom. The molecule has 0 radical (unpaired) electrons. The van der Waals surface area contributed by atoms with Crippen LogP contribution in [0.4, 0.5) is 0 Å². The first-order chi connectivity index (χ1) is 13.6. The number of hydrogen-bond donors (Lipinski definition) is 1. The highest BCUT2D eigenvalue weighted by molar-refractivity contribution is 6.15. The highest BCUT2D eigenvalue weighted by atomic mass is 16.3. The summed E-state index contributed by atoms with van der Waals surface area (Å²) in [6.45, 7) is 1.94. The third-order valence-electron chi connectivity index (χ3n) is 4.70. The van der Waals surface area contributed by atoms with Gasteiger partial charge in [0.05, 0.1) is 11.6 Å². The lowest BCUT2D eigenvalue weighted by Crippen LogP contribution is -2.30. The second-order valence-electron chi connectivity index (χ2n) is 6.61. The molecule has 140 valence electrons. The van der Waals surface area contributed by atoms with Crippen molar-refractivity contribution in [1.82, 2.24) is 9.88 Å². The first kappa shape index (κ1) is 17.7. The average Bonchev–Trinajstić information content (AvgIpc) is 3.26. The third kappa shape index (κ3) is 3.09. The number of aryl methyl sites for hydroxylation is 1. The van der Waals surface area contributed by atoms with Crippen LogP contribution in [0.25, 0.3) is 0 Å². The summed E-state index contributed by atoms with van der Waals surface area (Å²) in [6.07, 6.45) is 3.30. The topological polar surface area (TPSA) is 83.6 Å². The molecule has 0 bridgehead atoms. The molecule has 1 atom stereocenters. The molecule has 6 nitrogen and oxygen atoms in total. The Labute approximate surface area is 161 Å². The van der Waals surface area contributed by atoms with Crippen LogP contribution in [0.2, 0.25) is 0 Å². The summed E-state index contributed by atoms with van der Waals surface area (Å²) in [5.74, 6) is -0.963. The van der Waals surface area contributed by atoms with Gasteiger partial charge in [0.2, 0.25) is 5.78 Å². The number of benzene rings is 1. The number of furan rings is 1. The minimum Gasteiger partial charge on any atom is -0.503 e. The van der Waals surface area contributed by atoms with E-state index in [1.807, 2.05) is 36.4 Å². The maximum Gasteiger partial charge on any atom is 0.290 e. The van der Waals surface area contributed by atoms with Crippen LogP contribution in [0.5, 0.6) is 0 Å². The molecule has 1 amide bonds. The fraction of sp³-hybridized carbons (Fsp3) is 0.136. The molecule has 28 heavy (non-hydrogen) atoms. The van der Waals surface area contributed by atoms with Crippen molar-refractivity contribution in [3.63, 3.8) is 0 Å². The maximum atomic E-state index is 13.1. The smallest absolute Gasteiger partial charge is 0.290 e. The fourth-order valence-electron chi connectivity index (χ4n) is 3.41. The molecule has 0 saturated carbocycles. The van der Waals surface area contributed by atoms with Crippen molar-refractivity contribution in [3.8, 4) is 0 Å². The zero-order valence-electron chi connectivity index (χ0n) is 15.2. The molecule has 0 fully saturated rings. The molecular formula is C22H18N2O4. The van der Waals surface area contributed by atoms with E-state index in [-0.39, 0.29) is 17.9 Å². The van der Waals surface area contributed by atoms with Gasteiger partial charge in [-0.3, -0.25) is 14.6 Å². The number of Topliss-reactive ketones (excluding diaryl/α,β-unsaturated/α-hetero) is 1. The van der Waals surface area contributed by atoms with Crippen LogP contribution in [0.1, 0.15) is 33.5 Å². The maximum absolute atomic E-state index is 13.1. The minimum absolute atomic E-state index is 0.0226. The van der Waals surface area contributed by atoms with Crippen LogP contribution in [0, 0.1) is 6.92 Å². The van der Waals surface area contributed by atoms with Gasteiger partial charge in [-0.2, -0.15) is 0 Å². The Kier molecular flexibility index (Phi) is 4.53. The number of pyridine rings is 1. The summed E-state index contributed by atoms with van der Waals surface area (Å²) >= 11 is 0. The van der Waals surface area contributed by atoms with Crippen LogP contribution in [-0.4, -0.2) is 26.7 Å². The molecule has 1 aliphatic rings. The Bertz CT molecular complexity index is 1050. The molecule has 4 rings (SSSR count). The molecule has 6 heteroatoms. The zero-order valence-corrected chi connectivity index (χ0v) is 15.2. The summed E-state index contributed by atoms with van der Waals surface area (Å²) in [4.78, 5) is 31.5. The number of ketones is 1. The summed E-state index contributed by atoms with van der Waals surface area (Å²) in [5.41, 5.74) is 1.55. The van der Waals surface area contributed by atoms with Gasteiger partial charge in [-0.25, -0.2) is 0 Å². The first-order valence-corrected chi connectivity index (χ1v) is 8.85. The number of nitrogens with zero attached hydrogens (tertiary/aromatic N) is 2. The quantitative estimate of drug-likeness (QED) is 0.688. The minimum atomic E-state index is -0.716. The fourth-order valence-corrected chi connectivity index (χ4v) is 3.41. The van der Waals surface area contributed by atoms with E-state index in [2.05, 4.69) is 4.98 Å². The number of rotatable bonds is 5. The molecular weight excluding hydrogens is 356 g/mol. The normalized spacial score (nSPS) is 16.7. The van der Waals surface area contributed by atoms with E-state index in [0.717, 1.165) is 11.1 Å². The standard InChI is InChI=1S/C22H18N2O4/c1-14-9-10-17(28-14)20(25)18-19(16-7-3-2-4-8-16)24(22(27)21(18)26)13-15-6-5-11-23-12-15/h2-12,19,26H,13H2,1H3/t19-/m0/s1. The number of carbonyl (C=O) groups excluding carboxylic acids is 2. The number of carbonyl (C=O) groups is 2. The Morgan fingerprint density at radius 1 is 1.14 bits per heavy atom. The summed E-state index contributed by atoms with van der Waals surface area (Å²) in [5, 5.41) is 10.6. The van der Waals surface area contributed by atoms with Crippen molar-refractivity contribution >= 4 is 11.7 Å². The SMILES string of the molecule is Cc1ccc(C(=O)C2=C(O)C(=O)N(Cc3cccnc3)[C@H]2c2ccccc2)o1. The number of hydrogen-bond acceptors (Lipinski definition) is 5. The van der Waals surface area contributed by atoms with E-state index in [9.17, 15) is 14.7 Å². The molecule has 0 saturated heterocycles. The van der Waals surface area contributed by atoms with Crippen LogP contribution < -0.4 is 0 Å². The number of aromatic nitrogens is 1. The van der Waals surface area contributed by atoms with Gasteiger partial charge in [0.25, 0.3) is 5.91 Å². The summed E-state index contributed by atoms with van der Waals surface area (Å²) in [7, 11) is 0. The molecule has 1 N–H and O–H groups in total. The first-order valence-electron chi connectivity index (χ1n) is 8.85. The Morgan fingerprint density at radius 2 is 1.93 bits per heavy atom. The second-order valence-corrected chi connectivity index (χ2v) is 6.61. The number of aliphatic hydroxyl groups is 1. The largest absolute Gasteiger partial charge is 0.503 e. The van der Waals surface area contributed by atoms with Gasteiger partial charge < -0.3 is 14.4 Å². The molecule has 2 aromatic heterocycles. The van der Waals surface area contributed by atoms with Crippen molar-refractivity contribution in [2.75, 3.05) is 0 Å². The van der Waals surface area contributed by atoms with Crippen LogP contribution in [-0.2, 0) is 11.3 Å². The van der Waals surface area contributed by atoms with Gasteiger partial charge in [0.1, 0.15) is 5.76 Å². The van der Waals surface area contributed by atoms with Crippen molar-refractivity contribution in [1.29, 1.82) is 0 Å². The molecule has 3 heterocycles. The second kappa shape index (κ2) is 7.15. The lowest BCUT2D eigenvalue weighted by molar-refractivity contribution is -0.130. The van der Waals surface area contributed by atoms with Crippen molar-refractivity contribution in [3.05, 3.63) is 101 Å². The van der Waals surface area contributed by atoms with Crippen molar-refractivity contribution in [2.24, 2.45) is 0 Å². The van der Waals surface area contributed by atoms with Gasteiger partial charge in [-0.15, -0.1) is 0 Å².